The Kier molecular flexibility index (Phi) is 7.44. The Morgan fingerprint density at radius 2 is 1.57 bits per heavy atom. The normalized spacial score (nSPS) is 11.8. The number of nitrogens with zero attached hydrogens (tertiary/aromatic N) is 1. The third-order valence-corrected chi connectivity index (χ3v) is 8.35. The number of sulfonamides is 2. The van der Waals surface area contributed by atoms with Crippen LogP contribution in [0.1, 0.15) is 5.56 Å². The van der Waals surface area contributed by atoms with Crippen LogP contribution in [0.25, 0.3) is 10.8 Å². The lowest BCUT2D eigenvalue weighted by Gasteiger charge is -2.24. The van der Waals surface area contributed by atoms with Crippen molar-refractivity contribution in [3.63, 3.8) is 0 Å². The molecule has 192 valence electrons. The molecule has 0 saturated heterocycles. The molecule has 0 aliphatic carbocycles. The van der Waals surface area contributed by atoms with E-state index in [0.29, 0.717) is 27.6 Å². The number of nitrogens with one attached hydrogen (secondary N) is 2. The number of rotatable bonds is 8. The zero-order valence-electron chi connectivity index (χ0n) is 20.0. The van der Waals surface area contributed by atoms with Gasteiger partial charge in [-0.15, -0.1) is 0 Å². The summed E-state index contributed by atoms with van der Waals surface area (Å²) in [6.45, 7) is 1.23. The molecule has 0 saturated carbocycles. The van der Waals surface area contributed by atoms with Gasteiger partial charge in [0.1, 0.15) is 6.54 Å². The van der Waals surface area contributed by atoms with Crippen molar-refractivity contribution in [1.82, 2.24) is 0 Å². The first-order valence-corrected chi connectivity index (χ1v) is 14.8. The van der Waals surface area contributed by atoms with Crippen molar-refractivity contribution in [3.05, 3.63) is 95.5 Å². The fourth-order valence-electron chi connectivity index (χ4n) is 3.80. The lowest BCUT2D eigenvalue weighted by Crippen LogP contribution is -2.37. The maximum atomic E-state index is 13.0. The number of hydrogen-bond acceptors (Lipinski definition) is 5. The van der Waals surface area contributed by atoms with E-state index in [-0.39, 0.29) is 4.90 Å². The Hall–Kier alpha value is -3.60. The molecule has 0 radical (unpaired) electrons. The van der Waals surface area contributed by atoms with Crippen LogP contribution in [0, 0.1) is 6.92 Å². The van der Waals surface area contributed by atoms with Gasteiger partial charge in [0, 0.05) is 16.1 Å². The molecule has 0 spiro atoms. The highest BCUT2D eigenvalue weighted by Gasteiger charge is 2.23. The molecule has 0 fully saturated rings. The molecule has 0 heterocycles. The van der Waals surface area contributed by atoms with E-state index in [1.807, 2.05) is 30.3 Å². The maximum Gasteiger partial charge on any atom is 0.261 e. The summed E-state index contributed by atoms with van der Waals surface area (Å²) in [7, 11) is -7.69. The highest BCUT2D eigenvalue weighted by Crippen LogP contribution is 2.27. The van der Waals surface area contributed by atoms with Crippen molar-refractivity contribution >= 4 is 65.4 Å². The van der Waals surface area contributed by atoms with Gasteiger partial charge in [0.05, 0.1) is 22.5 Å². The summed E-state index contributed by atoms with van der Waals surface area (Å²) in [6, 6.07) is 23.1. The predicted molar refractivity (Wildman–Crippen MR) is 148 cm³/mol. The van der Waals surface area contributed by atoms with Gasteiger partial charge >= 0.3 is 0 Å². The number of fused-ring (bicyclic) bond motifs is 1. The van der Waals surface area contributed by atoms with Gasteiger partial charge in [0.25, 0.3) is 10.0 Å². The minimum absolute atomic E-state index is 0.00532. The SMILES string of the molecule is Cc1ccc(Cl)cc1N(CC(=O)Nc1ccc(S(=O)(=O)Nc2cccc3ccccc23)cc1)S(C)(=O)=O. The molecule has 0 unspecified atom stereocenters. The van der Waals surface area contributed by atoms with Gasteiger partial charge < -0.3 is 5.32 Å². The quantitative estimate of drug-likeness (QED) is 0.316. The first-order valence-electron chi connectivity index (χ1n) is 11.1. The summed E-state index contributed by atoms with van der Waals surface area (Å²) in [6.07, 6.45) is 1.00. The largest absolute Gasteiger partial charge is 0.325 e. The molecular formula is C26H24ClN3O5S2. The Morgan fingerprint density at radius 1 is 0.892 bits per heavy atom. The van der Waals surface area contributed by atoms with Crippen LogP contribution in [0.5, 0.6) is 0 Å². The summed E-state index contributed by atoms with van der Waals surface area (Å²) in [4.78, 5) is 12.7. The molecule has 0 aliphatic heterocycles. The molecule has 37 heavy (non-hydrogen) atoms. The van der Waals surface area contributed by atoms with Crippen LogP contribution in [0.3, 0.4) is 0 Å². The molecule has 4 aromatic rings. The van der Waals surface area contributed by atoms with E-state index >= 15 is 0 Å². The minimum atomic E-state index is -3.90. The number of hydrogen-bond donors (Lipinski definition) is 2. The van der Waals surface area contributed by atoms with E-state index in [9.17, 15) is 21.6 Å². The van der Waals surface area contributed by atoms with Crippen molar-refractivity contribution in [1.29, 1.82) is 0 Å². The topological polar surface area (TPSA) is 113 Å². The molecule has 8 nitrogen and oxygen atoms in total. The summed E-state index contributed by atoms with van der Waals surface area (Å²) in [5.74, 6) is -0.603. The first-order chi connectivity index (χ1) is 17.4. The highest BCUT2D eigenvalue weighted by molar-refractivity contribution is 7.92. The number of benzene rings is 4. The number of amides is 1. The zero-order chi connectivity index (χ0) is 26.8. The molecule has 11 heteroatoms. The molecule has 0 aliphatic rings. The lowest BCUT2D eigenvalue weighted by molar-refractivity contribution is -0.114. The summed E-state index contributed by atoms with van der Waals surface area (Å²) >= 11 is 6.03. The van der Waals surface area contributed by atoms with Crippen LogP contribution >= 0.6 is 11.6 Å². The van der Waals surface area contributed by atoms with Crippen LogP contribution in [0.2, 0.25) is 5.02 Å². The van der Waals surface area contributed by atoms with Gasteiger partial charge in [-0.3, -0.25) is 13.8 Å². The van der Waals surface area contributed by atoms with E-state index < -0.39 is 32.5 Å². The van der Waals surface area contributed by atoms with Crippen LogP contribution in [-0.4, -0.2) is 35.5 Å². The fraction of sp³-hybridized carbons (Fsp3) is 0.115. The van der Waals surface area contributed by atoms with Crippen LogP contribution in [0.15, 0.2) is 89.8 Å². The Morgan fingerprint density at radius 3 is 2.27 bits per heavy atom. The monoisotopic (exact) mass is 557 g/mol. The second-order valence-corrected chi connectivity index (χ2v) is 12.4. The lowest BCUT2D eigenvalue weighted by atomic mass is 10.1. The van der Waals surface area contributed by atoms with E-state index in [0.717, 1.165) is 21.3 Å². The first kappa shape index (κ1) is 26.5. The molecule has 0 aromatic heterocycles. The van der Waals surface area contributed by atoms with Crippen LogP contribution in [0.4, 0.5) is 17.1 Å². The Bertz CT molecular complexity index is 1680. The smallest absolute Gasteiger partial charge is 0.261 e. The molecular weight excluding hydrogens is 534 g/mol. The van der Waals surface area contributed by atoms with Crippen molar-refractivity contribution in [3.8, 4) is 0 Å². The van der Waals surface area contributed by atoms with Gasteiger partial charge in [-0.05, 0) is 60.3 Å². The van der Waals surface area contributed by atoms with Crippen LogP contribution in [-0.2, 0) is 24.8 Å². The fourth-order valence-corrected chi connectivity index (χ4v) is 5.95. The third kappa shape index (κ3) is 6.22. The summed E-state index contributed by atoms with van der Waals surface area (Å²) in [5.41, 5.74) is 1.69. The second kappa shape index (κ2) is 10.4. The van der Waals surface area contributed by atoms with Crippen molar-refractivity contribution in [2.24, 2.45) is 0 Å². The molecule has 1 amide bonds. The highest BCUT2D eigenvalue weighted by atomic mass is 35.5. The number of aryl methyl sites for hydroxylation is 1. The molecule has 4 aromatic carbocycles. The van der Waals surface area contributed by atoms with Gasteiger partial charge in [0.2, 0.25) is 15.9 Å². The Labute approximate surface area is 221 Å². The Balaban J connectivity index is 1.50. The van der Waals surface area contributed by atoms with Crippen molar-refractivity contribution in [2.45, 2.75) is 11.8 Å². The molecule has 0 bridgehead atoms. The van der Waals surface area contributed by atoms with E-state index in [1.54, 1.807) is 31.2 Å². The number of halogens is 1. The van der Waals surface area contributed by atoms with Gasteiger partial charge in [-0.25, -0.2) is 16.8 Å². The third-order valence-electron chi connectivity index (χ3n) is 5.61. The minimum Gasteiger partial charge on any atom is -0.325 e. The second-order valence-electron chi connectivity index (χ2n) is 8.41. The zero-order valence-corrected chi connectivity index (χ0v) is 22.4. The number of carbonyl (C=O) groups excluding carboxylic acids is 1. The number of anilines is 3. The van der Waals surface area contributed by atoms with Gasteiger partial charge in [0.15, 0.2) is 0 Å². The summed E-state index contributed by atoms with van der Waals surface area (Å²) < 4.78 is 54.3. The average molecular weight is 558 g/mol. The standard InChI is InChI=1S/C26H24ClN3O5S2/c1-18-10-11-20(27)16-25(18)30(36(2,32)33)17-26(31)28-21-12-14-22(15-13-21)37(34,35)29-24-9-5-7-19-6-3-4-8-23(19)24/h3-16,29H,17H2,1-2H3,(H,28,31). The number of carbonyl (C=O) groups is 1. The summed E-state index contributed by atoms with van der Waals surface area (Å²) in [5, 5.41) is 4.61. The maximum absolute atomic E-state index is 13.0. The van der Waals surface area contributed by atoms with E-state index in [4.69, 9.17) is 11.6 Å². The van der Waals surface area contributed by atoms with Gasteiger partial charge in [-0.1, -0.05) is 54.1 Å². The molecule has 2 N–H and O–H groups in total. The molecule has 4 rings (SSSR count). The van der Waals surface area contributed by atoms with Gasteiger partial charge in [-0.2, -0.15) is 0 Å². The molecule has 0 atom stereocenters. The van der Waals surface area contributed by atoms with E-state index in [1.165, 1.54) is 30.3 Å². The van der Waals surface area contributed by atoms with Crippen LogP contribution < -0.4 is 14.3 Å². The van der Waals surface area contributed by atoms with E-state index in [2.05, 4.69) is 10.0 Å². The van der Waals surface area contributed by atoms with Crippen molar-refractivity contribution < 1.29 is 21.6 Å². The van der Waals surface area contributed by atoms with Crippen molar-refractivity contribution in [2.75, 3.05) is 27.1 Å². The average Bonchev–Trinajstić information content (AvgIpc) is 2.84. The predicted octanol–water partition coefficient (Wildman–Crippen LogP) is 5.01.